The number of nitrogens with zero attached hydrogens (tertiary/aromatic N) is 3. The van der Waals surface area contributed by atoms with Crippen molar-refractivity contribution in [2.45, 2.75) is 25.8 Å². The molecule has 1 fully saturated rings. The molecule has 1 aliphatic rings. The van der Waals surface area contributed by atoms with Gasteiger partial charge in [0.1, 0.15) is 11.6 Å². The van der Waals surface area contributed by atoms with Gasteiger partial charge in [0, 0.05) is 19.6 Å². The highest BCUT2D eigenvalue weighted by Gasteiger charge is 2.30. The van der Waals surface area contributed by atoms with Crippen molar-refractivity contribution in [1.29, 1.82) is 0 Å². The number of rotatable bonds is 4. The quantitative estimate of drug-likeness (QED) is 0.635. The van der Waals surface area contributed by atoms with E-state index in [0.717, 1.165) is 12.8 Å². The van der Waals surface area contributed by atoms with Gasteiger partial charge in [-0.05, 0) is 19.8 Å². The fourth-order valence-electron chi connectivity index (χ4n) is 2.54. The van der Waals surface area contributed by atoms with Crippen LogP contribution in [-0.4, -0.2) is 35.4 Å². The molecule has 0 bridgehead atoms. The van der Waals surface area contributed by atoms with E-state index in [9.17, 15) is 14.9 Å². The lowest BCUT2D eigenvalue weighted by Crippen LogP contribution is -2.46. The van der Waals surface area contributed by atoms with Crippen LogP contribution in [0.2, 0.25) is 0 Å². The van der Waals surface area contributed by atoms with Gasteiger partial charge in [-0.1, -0.05) is 0 Å². The summed E-state index contributed by atoms with van der Waals surface area (Å²) >= 11 is 0. The van der Waals surface area contributed by atoms with Crippen LogP contribution >= 0.6 is 0 Å². The molecule has 0 aromatic carbocycles. The number of carbonyl (C=O) groups excluding carboxylic acids is 1. The van der Waals surface area contributed by atoms with Gasteiger partial charge in [0.25, 0.3) is 5.69 Å². The van der Waals surface area contributed by atoms with Gasteiger partial charge < -0.3 is 16.0 Å². The summed E-state index contributed by atoms with van der Waals surface area (Å²) in [7, 11) is 1.65. The summed E-state index contributed by atoms with van der Waals surface area (Å²) in [4.78, 5) is 28.2. The highest BCUT2D eigenvalue weighted by molar-refractivity contribution is 5.77. The second kappa shape index (κ2) is 5.94. The molecule has 0 radical (unpaired) electrons. The van der Waals surface area contributed by atoms with E-state index < -0.39 is 4.92 Å². The van der Waals surface area contributed by atoms with Gasteiger partial charge in [-0.3, -0.25) is 14.9 Å². The predicted octanol–water partition coefficient (Wildman–Crippen LogP) is 1.12. The Kier molecular flexibility index (Phi) is 4.25. The molecule has 1 aliphatic heterocycles. The minimum Gasteiger partial charge on any atom is -0.373 e. The Morgan fingerprint density at radius 3 is 2.81 bits per heavy atom. The molecule has 0 aliphatic carbocycles. The molecule has 0 saturated carbocycles. The largest absolute Gasteiger partial charge is 0.373 e. The number of aromatic nitrogens is 1. The van der Waals surface area contributed by atoms with Gasteiger partial charge in [-0.25, -0.2) is 4.98 Å². The van der Waals surface area contributed by atoms with E-state index in [1.54, 1.807) is 7.05 Å². The minimum absolute atomic E-state index is 0.0299. The molecule has 21 heavy (non-hydrogen) atoms. The Balaban J connectivity index is 2.36. The van der Waals surface area contributed by atoms with Crippen molar-refractivity contribution in [3.05, 3.63) is 22.2 Å². The first-order valence-electron chi connectivity index (χ1n) is 6.82. The Bertz CT molecular complexity index is 563. The van der Waals surface area contributed by atoms with Gasteiger partial charge in [0.05, 0.1) is 23.0 Å². The van der Waals surface area contributed by atoms with Crippen LogP contribution < -0.4 is 16.0 Å². The first kappa shape index (κ1) is 15.0. The van der Waals surface area contributed by atoms with E-state index in [4.69, 9.17) is 5.73 Å². The van der Waals surface area contributed by atoms with Gasteiger partial charge in [0.15, 0.2) is 0 Å². The van der Waals surface area contributed by atoms with Crippen LogP contribution in [0, 0.1) is 16.0 Å². The molecule has 0 spiro atoms. The van der Waals surface area contributed by atoms with E-state index >= 15 is 0 Å². The SMILES string of the molecule is CNc1cc([N+](=O)[O-])cc(N2CC(C(N)=O)CCC2C)n1. The van der Waals surface area contributed by atoms with Crippen molar-refractivity contribution in [1.82, 2.24) is 4.98 Å². The maximum Gasteiger partial charge on any atom is 0.276 e. The smallest absolute Gasteiger partial charge is 0.276 e. The number of anilines is 2. The number of carbonyl (C=O) groups is 1. The standard InChI is InChI=1S/C13H19N5O3/c1-8-3-4-9(13(14)19)7-17(8)12-6-10(18(20)21)5-11(15-2)16-12/h5-6,8-9H,3-4,7H2,1-2H3,(H2,14,19)(H,15,16). The normalized spacial score (nSPS) is 21.9. The zero-order valence-corrected chi connectivity index (χ0v) is 12.1. The lowest BCUT2D eigenvalue weighted by atomic mass is 9.93. The summed E-state index contributed by atoms with van der Waals surface area (Å²) in [6.07, 6.45) is 1.54. The third-order valence-corrected chi connectivity index (χ3v) is 3.84. The summed E-state index contributed by atoms with van der Waals surface area (Å²) in [5, 5.41) is 13.8. The van der Waals surface area contributed by atoms with E-state index in [0.29, 0.717) is 18.2 Å². The molecule has 2 unspecified atom stereocenters. The van der Waals surface area contributed by atoms with Crippen molar-refractivity contribution < 1.29 is 9.72 Å². The number of hydrogen-bond donors (Lipinski definition) is 2. The highest BCUT2D eigenvalue weighted by atomic mass is 16.6. The van der Waals surface area contributed by atoms with Crippen LogP contribution in [0.1, 0.15) is 19.8 Å². The molecule has 2 heterocycles. The molecular formula is C13H19N5O3. The number of amides is 1. The first-order valence-corrected chi connectivity index (χ1v) is 6.82. The maximum atomic E-state index is 11.4. The van der Waals surface area contributed by atoms with Crippen molar-refractivity contribution in [3.8, 4) is 0 Å². The molecule has 1 aromatic heterocycles. The van der Waals surface area contributed by atoms with Crippen LogP contribution in [0.5, 0.6) is 0 Å². The second-order valence-electron chi connectivity index (χ2n) is 5.25. The van der Waals surface area contributed by atoms with Gasteiger partial charge in [-0.15, -0.1) is 0 Å². The number of piperidine rings is 1. The minimum atomic E-state index is -0.452. The molecule has 1 aromatic rings. The molecular weight excluding hydrogens is 274 g/mol. The number of nitrogens with two attached hydrogens (primary N) is 1. The van der Waals surface area contributed by atoms with Gasteiger partial charge >= 0.3 is 0 Å². The Morgan fingerprint density at radius 1 is 1.52 bits per heavy atom. The Morgan fingerprint density at radius 2 is 2.24 bits per heavy atom. The third kappa shape index (κ3) is 3.21. The fraction of sp³-hybridized carbons (Fsp3) is 0.538. The van der Waals surface area contributed by atoms with Crippen LogP contribution in [0.3, 0.4) is 0 Å². The average Bonchev–Trinajstić information content (AvgIpc) is 2.46. The summed E-state index contributed by atoms with van der Waals surface area (Å²) in [5.41, 5.74) is 5.35. The molecule has 8 nitrogen and oxygen atoms in total. The van der Waals surface area contributed by atoms with Crippen molar-refractivity contribution in [2.75, 3.05) is 23.8 Å². The number of nitro groups is 1. The number of primary amides is 1. The molecule has 1 amide bonds. The summed E-state index contributed by atoms with van der Waals surface area (Å²) in [6.45, 7) is 2.45. The third-order valence-electron chi connectivity index (χ3n) is 3.84. The average molecular weight is 293 g/mol. The second-order valence-corrected chi connectivity index (χ2v) is 5.25. The topological polar surface area (TPSA) is 114 Å². The fourth-order valence-corrected chi connectivity index (χ4v) is 2.54. The monoisotopic (exact) mass is 293 g/mol. The zero-order chi connectivity index (χ0) is 15.6. The number of nitrogens with one attached hydrogen (secondary N) is 1. The van der Waals surface area contributed by atoms with Crippen LogP contribution in [-0.2, 0) is 4.79 Å². The zero-order valence-electron chi connectivity index (χ0n) is 12.1. The molecule has 3 N–H and O–H groups in total. The van der Waals surface area contributed by atoms with Gasteiger partial charge in [-0.2, -0.15) is 0 Å². The summed E-state index contributed by atoms with van der Waals surface area (Å²) in [6, 6.07) is 2.96. The van der Waals surface area contributed by atoms with Crippen LogP contribution in [0.4, 0.5) is 17.3 Å². The molecule has 2 rings (SSSR count). The molecule has 1 saturated heterocycles. The predicted molar refractivity (Wildman–Crippen MR) is 79.2 cm³/mol. The summed E-state index contributed by atoms with van der Waals surface area (Å²) < 4.78 is 0. The Hall–Kier alpha value is -2.38. The highest BCUT2D eigenvalue weighted by Crippen LogP contribution is 2.30. The number of hydrogen-bond acceptors (Lipinski definition) is 6. The lowest BCUT2D eigenvalue weighted by Gasteiger charge is -2.37. The lowest BCUT2D eigenvalue weighted by molar-refractivity contribution is -0.384. The van der Waals surface area contributed by atoms with Crippen molar-refractivity contribution in [2.24, 2.45) is 11.7 Å². The summed E-state index contributed by atoms with van der Waals surface area (Å²) in [5.74, 6) is 0.325. The van der Waals surface area contributed by atoms with Crippen molar-refractivity contribution >= 4 is 23.2 Å². The van der Waals surface area contributed by atoms with Gasteiger partial charge in [0.2, 0.25) is 5.91 Å². The van der Waals surface area contributed by atoms with E-state index in [1.165, 1.54) is 12.1 Å². The van der Waals surface area contributed by atoms with Crippen molar-refractivity contribution in [3.63, 3.8) is 0 Å². The van der Waals surface area contributed by atoms with Crippen LogP contribution in [0.25, 0.3) is 0 Å². The van der Waals surface area contributed by atoms with E-state index in [1.807, 2.05) is 11.8 Å². The maximum absolute atomic E-state index is 11.4. The van der Waals surface area contributed by atoms with Crippen LogP contribution in [0.15, 0.2) is 12.1 Å². The van der Waals surface area contributed by atoms with E-state index in [-0.39, 0.29) is 23.6 Å². The number of pyridine rings is 1. The first-order chi connectivity index (χ1) is 9.92. The molecule has 8 heteroatoms. The molecule has 114 valence electrons. The Labute approximate surface area is 122 Å². The van der Waals surface area contributed by atoms with E-state index in [2.05, 4.69) is 10.3 Å². The molecule has 2 atom stereocenters.